The molecule has 21 heavy (non-hydrogen) atoms. The van der Waals surface area contributed by atoms with Gasteiger partial charge in [0.2, 0.25) is 0 Å². The topological polar surface area (TPSA) is 48.4 Å². The quantitative estimate of drug-likeness (QED) is 0.787. The van der Waals surface area contributed by atoms with Crippen LogP contribution in [0.3, 0.4) is 0 Å². The zero-order valence-corrected chi connectivity index (χ0v) is 11.7. The molecule has 0 saturated carbocycles. The molecule has 2 aromatic carbocycles. The van der Waals surface area contributed by atoms with E-state index in [9.17, 15) is 4.39 Å². The fraction of sp³-hybridized carbons (Fsp3) is 0.176. The van der Waals surface area contributed by atoms with E-state index in [-0.39, 0.29) is 5.82 Å². The van der Waals surface area contributed by atoms with Crippen molar-refractivity contribution in [2.45, 2.75) is 13.0 Å². The second-order valence-electron chi connectivity index (χ2n) is 4.78. The van der Waals surface area contributed by atoms with Crippen molar-refractivity contribution in [3.8, 4) is 5.75 Å². The minimum absolute atomic E-state index is 0.293. The Bertz CT molecular complexity index is 766. The van der Waals surface area contributed by atoms with E-state index in [1.54, 1.807) is 12.1 Å². The van der Waals surface area contributed by atoms with Crippen LogP contribution in [0, 0.1) is 5.82 Å². The first-order valence-electron chi connectivity index (χ1n) is 6.85. The van der Waals surface area contributed by atoms with E-state index in [1.807, 2.05) is 31.2 Å². The predicted molar refractivity (Wildman–Crippen MR) is 79.8 cm³/mol. The van der Waals surface area contributed by atoms with E-state index in [0.717, 1.165) is 11.3 Å². The molecular weight excluding hydrogens is 269 g/mol. The van der Waals surface area contributed by atoms with Crippen molar-refractivity contribution in [3.63, 3.8) is 0 Å². The fourth-order valence-electron chi connectivity index (χ4n) is 2.37. The maximum absolute atomic E-state index is 13.2. The minimum Gasteiger partial charge on any atom is -0.494 e. The van der Waals surface area contributed by atoms with Gasteiger partial charge in [-0.05, 0) is 37.3 Å². The molecule has 0 aliphatic heterocycles. The summed E-state index contributed by atoms with van der Waals surface area (Å²) < 4.78 is 24.6. The number of benzene rings is 2. The lowest BCUT2D eigenvalue weighted by Crippen LogP contribution is -2.12. The molecule has 0 radical (unpaired) electrons. The second kappa shape index (κ2) is 5.58. The van der Waals surface area contributed by atoms with Gasteiger partial charge in [-0.2, -0.15) is 0 Å². The second-order valence-corrected chi connectivity index (χ2v) is 4.78. The highest BCUT2D eigenvalue weighted by Crippen LogP contribution is 2.31. The Morgan fingerprint density at radius 1 is 1.19 bits per heavy atom. The van der Waals surface area contributed by atoms with Crippen LogP contribution in [0.4, 0.5) is 4.39 Å². The third-order valence-corrected chi connectivity index (χ3v) is 3.36. The van der Waals surface area contributed by atoms with E-state index in [2.05, 4.69) is 0 Å². The van der Waals surface area contributed by atoms with Crippen molar-refractivity contribution in [2.24, 2.45) is 5.73 Å². The first-order valence-corrected chi connectivity index (χ1v) is 6.85. The predicted octanol–water partition coefficient (Wildman–Crippen LogP) is 4.02. The summed E-state index contributed by atoms with van der Waals surface area (Å²) in [7, 11) is 0. The number of para-hydroxylation sites is 1. The largest absolute Gasteiger partial charge is 0.494 e. The lowest BCUT2D eigenvalue weighted by molar-refractivity contribution is 0.334. The molecule has 3 nitrogen and oxygen atoms in total. The molecule has 1 unspecified atom stereocenters. The Balaban J connectivity index is 2.02. The molecule has 108 valence electrons. The number of ether oxygens (including phenoxy) is 1. The number of halogens is 1. The van der Waals surface area contributed by atoms with Crippen molar-refractivity contribution in [3.05, 3.63) is 65.7 Å². The first-order chi connectivity index (χ1) is 10.2. The molecule has 0 spiro atoms. The average molecular weight is 285 g/mol. The van der Waals surface area contributed by atoms with Gasteiger partial charge in [0, 0.05) is 10.9 Å². The lowest BCUT2D eigenvalue weighted by Gasteiger charge is -2.14. The normalized spacial score (nSPS) is 12.5. The number of fused-ring (bicyclic) bond motifs is 1. The molecule has 0 bridgehead atoms. The van der Waals surface area contributed by atoms with Gasteiger partial charge < -0.3 is 14.9 Å². The number of nitrogens with two attached hydrogens (primary N) is 1. The molecule has 1 heterocycles. The summed E-state index contributed by atoms with van der Waals surface area (Å²) >= 11 is 0. The zero-order chi connectivity index (χ0) is 14.8. The number of rotatable bonds is 4. The Morgan fingerprint density at radius 3 is 2.81 bits per heavy atom. The van der Waals surface area contributed by atoms with E-state index in [1.165, 1.54) is 12.1 Å². The first kappa shape index (κ1) is 13.6. The van der Waals surface area contributed by atoms with Gasteiger partial charge in [-0.3, -0.25) is 0 Å². The molecule has 3 aromatic rings. The zero-order valence-electron chi connectivity index (χ0n) is 11.7. The summed E-state index contributed by atoms with van der Waals surface area (Å²) in [5.41, 5.74) is 7.75. The summed E-state index contributed by atoms with van der Waals surface area (Å²) in [6, 6.07) is 13.3. The highest BCUT2D eigenvalue weighted by molar-refractivity contribution is 5.78. The lowest BCUT2D eigenvalue weighted by atomic mass is 10.0. The molecule has 1 aromatic heterocycles. The van der Waals surface area contributed by atoms with Gasteiger partial charge in [-0.1, -0.05) is 18.2 Å². The SMILES string of the molecule is CCOc1ccccc1C(N)c1cc2cc(F)ccc2o1. The summed E-state index contributed by atoms with van der Waals surface area (Å²) in [4.78, 5) is 0. The standard InChI is InChI=1S/C17H16FNO2/c1-2-20-15-6-4-3-5-13(15)17(19)16-10-11-9-12(18)7-8-14(11)21-16/h3-10,17H,2,19H2,1H3. The maximum atomic E-state index is 13.2. The number of furan rings is 1. The summed E-state index contributed by atoms with van der Waals surface area (Å²) in [5.74, 6) is 1.03. The molecule has 4 heteroatoms. The Labute approximate surface area is 122 Å². The van der Waals surface area contributed by atoms with Crippen LogP contribution in [0.25, 0.3) is 11.0 Å². The van der Waals surface area contributed by atoms with Gasteiger partial charge in [0.1, 0.15) is 22.9 Å². The smallest absolute Gasteiger partial charge is 0.134 e. The summed E-state index contributed by atoms with van der Waals surface area (Å²) in [6.07, 6.45) is 0. The van der Waals surface area contributed by atoms with Crippen LogP contribution in [-0.2, 0) is 0 Å². The molecule has 0 amide bonds. The van der Waals surface area contributed by atoms with Gasteiger partial charge in [0.15, 0.2) is 0 Å². The summed E-state index contributed by atoms with van der Waals surface area (Å²) in [5, 5.41) is 0.703. The monoisotopic (exact) mass is 285 g/mol. The highest BCUT2D eigenvalue weighted by atomic mass is 19.1. The molecule has 3 rings (SSSR count). The molecular formula is C17H16FNO2. The average Bonchev–Trinajstić information content (AvgIpc) is 2.90. The van der Waals surface area contributed by atoms with Crippen molar-refractivity contribution < 1.29 is 13.5 Å². The van der Waals surface area contributed by atoms with Crippen LogP contribution in [0.1, 0.15) is 24.3 Å². The third kappa shape index (κ3) is 2.62. The molecule has 0 aliphatic rings. The van der Waals surface area contributed by atoms with E-state index >= 15 is 0 Å². The van der Waals surface area contributed by atoms with Gasteiger partial charge in [-0.25, -0.2) is 4.39 Å². The van der Waals surface area contributed by atoms with Crippen LogP contribution in [0.5, 0.6) is 5.75 Å². The van der Waals surface area contributed by atoms with E-state index in [4.69, 9.17) is 14.9 Å². The molecule has 2 N–H and O–H groups in total. The highest BCUT2D eigenvalue weighted by Gasteiger charge is 2.18. The van der Waals surface area contributed by atoms with E-state index < -0.39 is 6.04 Å². The summed E-state index contributed by atoms with van der Waals surface area (Å²) in [6.45, 7) is 2.49. The molecule has 0 saturated heterocycles. The molecule has 0 fully saturated rings. The third-order valence-electron chi connectivity index (χ3n) is 3.36. The van der Waals surface area contributed by atoms with Crippen molar-refractivity contribution in [1.82, 2.24) is 0 Å². The van der Waals surface area contributed by atoms with Gasteiger partial charge in [0.25, 0.3) is 0 Å². The molecule has 1 atom stereocenters. The van der Waals surface area contributed by atoms with Crippen LogP contribution < -0.4 is 10.5 Å². The Morgan fingerprint density at radius 2 is 2.00 bits per heavy atom. The van der Waals surface area contributed by atoms with Crippen molar-refractivity contribution >= 4 is 11.0 Å². The Hall–Kier alpha value is -2.33. The van der Waals surface area contributed by atoms with E-state index in [0.29, 0.717) is 23.3 Å². The maximum Gasteiger partial charge on any atom is 0.134 e. The van der Waals surface area contributed by atoms with Crippen LogP contribution in [-0.4, -0.2) is 6.61 Å². The minimum atomic E-state index is -0.455. The van der Waals surface area contributed by atoms with Crippen LogP contribution in [0.2, 0.25) is 0 Å². The van der Waals surface area contributed by atoms with Crippen molar-refractivity contribution in [1.29, 1.82) is 0 Å². The Kier molecular flexibility index (Phi) is 3.62. The fourth-order valence-corrected chi connectivity index (χ4v) is 2.37. The van der Waals surface area contributed by atoms with Crippen LogP contribution in [0.15, 0.2) is 52.9 Å². The van der Waals surface area contributed by atoms with Gasteiger partial charge >= 0.3 is 0 Å². The van der Waals surface area contributed by atoms with Crippen molar-refractivity contribution in [2.75, 3.05) is 6.61 Å². The number of hydrogen-bond donors (Lipinski definition) is 1. The van der Waals surface area contributed by atoms with Crippen LogP contribution >= 0.6 is 0 Å². The number of hydrogen-bond acceptors (Lipinski definition) is 3. The van der Waals surface area contributed by atoms with Gasteiger partial charge in [-0.15, -0.1) is 0 Å². The molecule has 0 aliphatic carbocycles. The van der Waals surface area contributed by atoms with Gasteiger partial charge in [0.05, 0.1) is 12.6 Å².